The van der Waals surface area contributed by atoms with Crippen molar-refractivity contribution in [2.45, 2.75) is 19.1 Å². The number of carbonyl (C=O) groups is 2. The summed E-state index contributed by atoms with van der Waals surface area (Å²) in [5, 5.41) is 1.69. The number of amides is 2. The lowest BCUT2D eigenvalue weighted by atomic mass is 9.90. The van der Waals surface area contributed by atoms with Gasteiger partial charge in [-0.05, 0) is 48.9 Å². The number of imide groups is 1. The normalized spacial score (nSPS) is 22.7. The van der Waals surface area contributed by atoms with Gasteiger partial charge >= 0.3 is 0 Å². The maximum absolute atomic E-state index is 13.5. The van der Waals surface area contributed by atoms with E-state index in [0.717, 1.165) is 22.6 Å². The third kappa shape index (κ3) is 3.16. The van der Waals surface area contributed by atoms with Crippen LogP contribution >= 0.6 is 0 Å². The van der Waals surface area contributed by atoms with Crippen LogP contribution in [0.2, 0.25) is 0 Å². The number of fused-ring (bicyclic) bond motifs is 1. The minimum Gasteiger partial charge on any atom is -0.497 e. The molecule has 3 aromatic rings. The second-order valence-corrected chi connectivity index (χ2v) is 7.78. The molecule has 0 bridgehead atoms. The molecule has 6 nitrogen and oxygen atoms in total. The molecule has 0 radical (unpaired) electrons. The Labute approximate surface area is 180 Å². The summed E-state index contributed by atoms with van der Waals surface area (Å²) in [7, 11) is 1.61. The number of hydroxylamine groups is 1. The van der Waals surface area contributed by atoms with Crippen molar-refractivity contribution >= 4 is 23.2 Å². The number of para-hydroxylation sites is 1. The molecule has 2 aliphatic rings. The highest BCUT2D eigenvalue weighted by molar-refractivity contribution is 6.23. The van der Waals surface area contributed by atoms with Crippen LogP contribution in [-0.4, -0.2) is 25.0 Å². The SMILES string of the molecule is COc1ccc([C@@H]2[C@@H]3C(=O)N(c4ccc(C)cc4)C(=O)[C@@H]3ON2c2ccccc2)cc1. The minimum absolute atomic E-state index is 0.252. The average molecular weight is 414 g/mol. The summed E-state index contributed by atoms with van der Waals surface area (Å²) in [6.07, 6.45) is -0.874. The summed E-state index contributed by atoms with van der Waals surface area (Å²) >= 11 is 0. The summed E-state index contributed by atoms with van der Waals surface area (Å²) in [5.41, 5.74) is 3.30. The lowest BCUT2D eigenvalue weighted by molar-refractivity contribution is -0.126. The Bertz CT molecular complexity index is 1110. The molecule has 2 heterocycles. The number of ether oxygens (including phenoxy) is 1. The lowest BCUT2D eigenvalue weighted by Gasteiger charge is -2.28. The fourth-order valence-electron chi connectivity index (χ4n) is 4.30. The van der Waals surface area contributed by atoms with Crippen molar-refractivity contribution in [1.29, 1.82) is 0 Å². The highest BCUT2D eigenvalue weighted by atomic mass is 16.7. The highest BCUT2D eigenvalue weighted by Gasteiger charge is 2.60. The van der Waals surface area contributed by atoms with E-state index in [-0.39, 0.29) is 11.8 Å². The zero-order valence-corrected chi connectivity index (χ0v) is 17.3. The van der Waals surface area contributed by atoms with E-state index in [2.05, 4.69) is 0 Å². The number of anilines is 2. The van der Waals surface area contributed by atoms with Crippen molar-refractivity contribution in [3.05, 3.63) is 90.0 Å². The van der Waals surface area contributed by atoms with Gasteiger partial charge in [0, 0.05) is 0 Å². The van der Waals surface area contributed by atoms with Gasteiger partial charge in [-0.2, -0.15) is 0 Å². The fraction of sp³-hybridized carbons (Fsp3) is 0.200. The zero-order valence-electron chi connectivity index (χ0n) is 17.3. The van der Waals surface area contributed by atoms with E-state index in [1.54, 1.807) is 24.3 Å². The van der Waals surface area contributed by atoms with Crippen molar-refractivity contribution < 1.29 is 19.2 Å². The van der Waals surface area contributed by atoms with Gasteiger partial charge in [0.15, 0.2) is 6.10 Å². The first kappa shape index (κ1) is 19.3. The molecule has 5 rings (SSSR count). The third-order valence-corrected chi connectivity index (χ3v) is 5.88. The van der Waals surface area contributed by atoms with Crippen LogP contribution in [0, 0.1) is 12.8 Å². The minimum atomic E-state index is -0.874. The lowest BCUT2D eigenvalue weighted by Crippen LogP contribution is -2.37. The number of methoxy groups -OCH3 is 1. The number of rotatable bonds is 4. The first-order valence-corrected chi connectivity index (χ1v) is 10.2. The molecule has 2 amide bonds. The molecule has 0 aliphatic carbocycles. The molecule has 0 saturated carbocycles. The maximum Gasteiger partial charge on any atom is 0.266 e. The van der Waals surface area contributed by atoms with Crippen LogP contribution in [0.1, 0.15) is 17.2 Å². The summed E-state index contributed by atoms with van der Waals surface area (Å²) in [5.74, 6) is -0.517. The molecule has 2 saturated heterocycles. The summed E-state index contributed by atoms with van der Waals surface area (Å²) < 4.78 is 5.28. The molecule has 156 valence electrons. The number of benzene rings is 3. The van der Waals surface area contributed by atoms with E-state index in [1.165, 1.54) is 4.90 Å². The predicted octanol–water partition coefficient (Wildman–Crippen LogP) is 4.05. The second kappa shape index (κ2) is 7.56. The Morgan fingerprint density at radius 1 is 0.806 bits per heavy atom. The van der Waals surface area contributed by atoms with E-state index in [0.29, 0.717) is 5.69 Å². The van der Waals surface area contributed by atoms with E-state index in [4.69, 9.17) is 9.57 Å². The van der Waals surface area contributed by atoms with Gasteiger partial charge in [-0.15, -0.1) is 0 Å². The molecule has 31 heavy (non-hydrogen) atoms. The van der Waals surface area contributed by atoms with Crippen molar-refractivity contribution in [2.75, 3.05) is 17.1 Å². The Morgan fingerprint density at radius 2 is 1.48 bits per heavy atom. The maximum atomic E-state index is 13.5. The number of carbonyl (C=O) groups excluding carboxylic acids is 2. The monoisotopic (exact) mass is 414 g/mol. The molecule has 0 aromatic heterocycles. The number of aryl methyl sites for hydroxylation is 1. The summed E-state index contributed by atoms with van der Waals surface area (Å²) in [4.78, 5) is 34.2. The molecule has 0 unspecified atom stereocenters. The van der Waals surface area contributed by atoms with Gasteiger partial charge in [0.25, 0.3) is 5.91 Å². The van der Waals surface area contributed by atoms with Crippen molar-refractivity contribution in [1.82, 2.24) is 0 Å². The number of hydrogen-bond acceptors (Lipinski definition) is 5. The first-order chi connectivity index (χ1) is 15.1. The van der Waals surface area contributed by atoms with Gasteiger partial charge in [0.1, 0.15) is 11.7 Å². The van der Waals surface area contributed by atoms with Gasteiger partial charge in [0.2, 0.25) is 5.91 Å². The van der Waals surface area contributed by atoms with Gasteiger partial charge in [0.05, 0.1) is 24.5 Å². The summed E-state index contributed by atoms with van der Waals surface area (Å²) in [6.45, 7) is 1.96. The standard InChI is InChI=1S/C25H22N2O4/c1-16-8-12-18(13-9-16)26-24(28)21-22(17-10-14-20(30-2)15-11-17)27(31-23(21)25(26)29)19-6-4-3-5-7-19/h3-15,21-23H,1-2H3/t21-,22+,23+/m0/s1. The smallest absolute Gasteiger partial charge is 0.266 e. The van der Waals surface area contributed by atoms with Crippen LogP contribution in [0.3, 0.4) is 0 Å². The van der Waals surface area contributed by atoms with Gasteiger partial charge in [-0.25, -0.2) is 9.96 Å². The molecule has 0 N–H and O–H groups in total. The van der Waals surface area contributed by atoms with Crippen LogP contribution < -0.4 is 14.7 Å². The molecule has 0 spiro atoms. The highest BCUT2D eigenvalue weighted by Crippen LogP contribution is 2.47. The van der Waals surface area contributed by atoms with Crippen LogP contribution in [-0.2, 0) is 14.4 Å². The van der Waals surface area contributed by atoms with Crippen molar-refractivity contribution in [3.63, 3.8) is 0 Å². The number of hydrogen-bond donors (Lipinski definition) is 0. The molecule has 6 heteroatoms. The van der Waals surface area contributed by atoms with Crippen LogP contribution in [0.15, 0.2) is 78.9 Å². The average Bonchev–Trinajstić information content (AvgIpc) is 3.31. The first-order valence-electron chi connectivity index (χ1n) is 10.2. The Kier molecular flexibility index (Phi) is 4.71. The van der Waals surface area contributed by atoms with E-state index in [1.807, 2.05) is 73.7 Å². The Morgan fingerprint density at radius 3 is 2.13 bits per heavy atom. The summed E-state index contributed by atoms with van der Waals surface area (Å²) in [6, 6.07) is 24.0. The van der Waals surface area contributed by atoms with Crippen LogP contribution in [0.4, 0.5) is 11.4 Å². The zero-order chi connectivity index (χ0) is 21.5. The molecule has 2 fully saturated rings. The van der Waals surface area contributed by atoms with Gasteiger partial charge < -0.3 is 4.74 Å². The van der Waals surface area contributed by atoms with Crippen molar-refractivity contribution in [3.8, 4) is 5.75 Å². The molecule has 2 aliphatic heterocycles. The predicted molar refractivity (Wildman–Crippen MR) is 117 cm³/mol. The quantitative estimate of drug-likeness (QED) is 0.603. The molecular formula is C25H22N2O4. The molecule has 3 aromatic carbocycles. The second-order valence-electron chi connectivity index (χ2n) is 7.78. The van der Waals surface area contributed by atoms with Crippen LogP contribution in [0.25, 0.3) is 0 Å². The van der Waals surface area contributed by atoms with Gasteiger partial charge in [-0.3, -0.25) is 14.4 Å². The molecular weight excluding hydrogens is 392 g/mol. The van der Waals surface area contributed by atoms with E-state index >= 15 is 0 Å². The van der Waals surface area contributed by atoms with E-state index < -0.39 is 18.1 Å². The van der Waals surface area contributed by atoms with Crippen LogP contribution in [0.5, 0.6) is 5.75 Å². The Balaban J connectivity index is 1.57. The largest absolute Gasteiger partial charge is 0.497 e. The Hall–Kier alpha value is -3.64. The third-order valence-electron chi connectivity index (χ3n) is 5.88. The van der Waals surface area contributed by atoms with Gasteiger partial charge in [-0.1, -0.05) is 48.0 Å². The van der Waals surface area contributed by atoms with E-state index in [9.17, 15) is 9.59 Å². The fourth-order valence-corrected chi connectivity index (χ4v) is 4.30. The number of nitrogens with zero attached hydrogens (tertiary/aromatic N) is 2. The molecule has 3 atom stereocenters. The topological polar surface area (TPSA) is 59.1 Å². The van der Waals surface area contributed by atoms with Crippen molar-refractivity contribution in [2.24, 2.45) is 5.92 Å².